The summed E-state index contributed by atoms with van der Waals surface area (Å²) in [6, 6.07) is 4.66. The molecule has 120 valence electrons. The Bertz CT molecular complexity index is 416. The van der Waals surface area contributed by atoms with E-state index in [1.54, 1.807) is 6.07 Å². The molecular formula is C17H28FNO2. The van der Waals surface area contributed by atoms with E-state index in [1.165, 1.54) is 12.1 Å². The van der Waals surface area contributed by atoms with Gasteiger partial charge in [0, 0.05) is 24.3 Å². The van der Waals surface area contributed by atoms with Crippen molar-refractivity contribution in [2.24, 2.45) is 0 Å². The summed E-state index contributed by atoms with van der Waals surface area (Å²) in [5, 5.41) is 12.1. The van der Waals surface area contributed by atoms with Crippen LogP contribution in [0.3, 0.4) is 0 Å². The Morgan fingerprint density at radius 2 is 1.86 bits per heavy atom. The number of nitrogens with one attached hydrogen (secondary N) is 1. The number of ether oxygens (including phenoxy) is 1. The molecule has 0 unspecified atom stereocenters. The van der Waals surface area contributed by atoms with E-state index < -0.39 is 0 Å². The van der Waals surface area contributed by atoms with Crippen LogP contribution in [0.1, 0.15) is 52.0 Å². The van der Waals surface area contributed by atoms with Gasteiger partial charge in [0.25, 0.3) is 0 Å². The van der Waals surface area contributed by atoms with E-state index in [2.05, 4.69) is 26.1 Å². The molecule has 0 bridgehead atoms. The van der Waals surface area contributed by atoms with Crippen LogP contribution in [0.25, 0.3) is 0 Å². The molecule has 0 heterocycles. The highest BCUT2D eigenvalue weighted by molar-refractivity contribution is 5.34. The molecule has 0 radical (unpaired) electrons. The van der Waals surface area contributed by atoms with Crippen molar-refractivity contribution in [3.05, 3.63) is 29.6 Å². The second-order valence-electron chi connectivity index (χ2n) is 6.34. The minimum absolute atomic E-state index is 0.0200. The lowest BCUT2D eigenvalue weighted by molar-refractivity contribution is 0.272. The minimum Gasteiger partial charge on any atom is -0.493 e. The van der Waals surface area contributed by atoms with Crippen LogP contribution in [0.4, 0.5) is 4.39 Å². The van der Waals surface area contributed by atoms with Crippen LogP contribution in [-0.2, 0) is 6.54 Å². The Morgan fingerprint density at radius 3 is 2.52 bits per heavy atom. The van der Waals surface area contributed by atoms with Crippen molar-refractivity contribution in [1.82, 2.24) is 5.32 Å². The Hall–Kier alpha value is -1.13. The fraction of sp³-hybridized carbons (Fsp3) is 0.647. The topological polar surface area (TPSA) is 41.5 Å². The SMILES string of the molecule is CC(C)(C)NCc1cc(F)ccc1OCCCCCCO. The minimum atomic E-state index is -0.240. The monoisotopic (exact) mass is 297 g/mol. The van der Waals surface area contributed by atoms with Gasteiger partial charge in [-0.05, 0) is 58.2 Å². The highest BCUT2D eigenvalue weighted by atomic mass is 19.1. The molecule has 0 amide bonds. The van der Waals surface area contributed by atoms with Gasteiger partial charge in [-0.1, -0.05) is 6.42 Å². The molecule has 0 spiro atoms. The van der Waals surface area contributed by atoms with Crippen molar-refractivity contribution in [3.8, 4) is 5.75 Å². The zero-order valence-electron chi connectivity index (χ0n) is 13.4. The average Bonchev–Trinajstić information content (AvgIpc) is 2.41. The van der Waals surface area contributed by atoms with Crippen LogP contribution >= 0.6 is 0 Å². The van der Waals surface area contributed by atoms with Gasteiger partial charge in [0.15, 0.2) is 0 Å². The summed E-state index contributed by atoms with van der Waals surface area (Å²) in [5.74, 6) is 0.506. The number of hydrogen-bond acceptors (Lipinski definition) is 3. The Morgan fingerprint density at radius 1 is 1.14 bits per heavy atom. The molecule has 0 aliphatic heterocycles. The van der Waals surface area contributed by atoms with Crippen molar-refractivity contribution in [2.75, 3.05) is 13.2 Å². The molecule has 0 aromatic heterocycles. The van der Waals surface area contributed by atoms with Gasteiger partial charge in [-0.2, -0.15) is 0 Å². The predicted molar refractivity (Wildman–Crippen MR) is 84.0 cm³/mol. The number of aliphatic hydroxyl groups excluding tert-OH is 1. The number of unbranched alkanes of at least 4 members (excludes halogenated alkanes) is 3. The van der Waals surface area contributed by atoms with Gasteiger partial charge < -0.3 is 15.2 Å². The van der Waals surface area contributed by atoms with Crippen LogP contribution in [0.5, 0.6) is 5.75 Å². The quantitative estimate of drug-likeness (QED) is 0.684. The van der Waals surface area contributed by atoms with Gasteiger partial charge >= 0.3 is 0 Å². The Balaban J connectivity index is 2.48. The van der Waals surface area contributed by atoms with E-state index >= 15 is 0 Å². The van der Waals surface area contributed by atoms with Gasteiger partial charge in [0.05, 0.1) is 6.61 Å². The summed E-state index contributed by atoms with van der Waals surface area (Å²) < 4.78 is 19.2. The number of rotatable bonds is 9. The Kier molecular flexibility index (Phi) is 7.68. The lowest BCUT2D eigenvalue weighted by atomic mass is 10.1. The van der Waals surface area contributed by atoms with E-state index in [0.717, 1.165) is 37.0 Å². The summed E-state index contributed by atoms with van der Waals surface area (Å²) in [4.78, 5) is 0. The number of aliphatic hydroxyl groups is 1. The fourth-order valence-electron chi connectivity index (χ4n) is 1.94. The van der Waals surface area contributed by atoms with Crippen molar-refractivity contribution in [2.45, 2.75) is 58.5 Å². The van der Waals surface area contributed by atoms with Crippen LogP contribution < -0.4 is 10.1 Å². The molecule has 0 atom stereocenters. The van der Waals surface area contributed by atoms with Crippen LogP contribution in [0, 0.1) is 5.82 Å². The fourth-order valence-corrected chi connectivity index (χ4v) is 1.94. The highest BCUT2D eigenvalue weighted by Gasteiger charge is 2.11. The molecule has 0 aliphatic rings. The number of halogens is 1. The van der Waals surface area contributed by atoms with Crippen molar-refractivity contribution >= 4 is 0 Å². The second kappa shape index (κ2) is 9.00. The molecule has 1 rings (SSSR count). The summed E-state index contributed by atoms with van der Waals surface area (Å²) >= 11 is 0. The standard InChI is InChI=1S/C17H28FNO2/c1-17(2,3)19-13-14-12-15(18)8-9-16(14)21-11-7-5-4-6-10-20/h8-9,12,19-20H,4-7,10-11,13H2,1-3H3. The third-order valence-electron chi connectivity index (χ3n) is 3.14. The molecule has 0 saturated carbocycles. The van der Waals surface area contributed by atoms with Gasteiger partial charge in [0.1, 0.15) is 11.6 Å². The maximum absolute atomic E-state index is 13.4. The smallest absolute Gasteiger partial charge is 0.123 e. The van der Waals surface area contributed by atoms with Crippen LogP contribution in [0.2, 0.25) is 0 Å². The van der Waals surface area contributed by atoms with Gasteiger partial charge in [-0.3, -0.25) is 0 Å². The molecule has 2 N–H and O–H groups in total. The first-order valence-corrected chi connectivity index (χ1v) is 7.69. The summed E-state index contributed by atoms with van der Waals surface area (Å²) in [6.07, 6.45) is 3.85. The number of hydrogen-bond donors (Lipinski definition) is 2. The molecule has 3 nitrogen and oxygen atoms in total. The molecule has 1 aromatic rings. The van der Waals surface area contributed by atoms with Gasteiger partial charge in [0.2, 0.25) is 0 Å². The Labute approximate surface area is 127 Å². The predicted octanol–water partition coefficient (Wildman–Crippen LogP) is 3.65. The summed E-state index contributed by atoms with van der Waals surface area (Å²) in [5.41, 5.74) is 0.828. The molecule has 0 fully saturated rings. The lowest BCUT2D eigenvalue weighted by Gasteiger charge is -2.21. The van der Waals surface area contributed by atoms with E-state index in [0.29, 0.717) is 13.2 Å². The first-order chi connectivity index (χ1) is 9.92. The first-order valence-electron chi connectivity index (χ1n) is 7.69. The molecule has 4 heteroatoms. The average molecular weight is 297 g/mol. The van der Waals surface area contributed by atoms with Gasteiger partial charge in [-0.25, -0.2) is 4.39 Å². The summed E-state index contributed by atoms with van der Waals surface area (Å²) in [7, 11) is 0. The molecule has 0 saturated heterocycles. The van der Waals surface area contributed by atoms with Crippen LogP contribution in [0.15, 0.2) is 18.2 Å². The molecule has 21 heavy (non-hydrogen) atoms. The maximum atomic E-state index is 13.4. The van der Waals surface area contributed by atoms with E-state index in [4.69, 9.17) is 9.84 Å². The van der Waals surface area contributed by atoms with Gasteiger partial charge in [-0.15, -0.1) is 0 Å². The second-order valence-corrected chi connectivity index (χ2v) is 6.34. The lowest BCUT2D eigenvalue weighted by Crippen LogP contribution is -2.35. The first kappa shape index (κ1) is 17.9. The summed E-state index contributed by atoms with van der Waals surface area (Å²) in [6.45, 7) is 7.69. The number of benzene rings is 1. The largest absolute Gasteiger partial charge is 0.493 e. The van der Waals surface area contributed by atoms with E-state index in [9.17, 15) is 4.39 Å². The van der Waals surface area contributed by atoms with Crippen LogP contribution in [-0.4, -0.2) is 23.9 Å². The maximum Gasteiger partial charge on any atom is 0.123 e. The third-order valence-corrected chi connectivity index (χ3v) is 3.14. The molecule has 1 aromatic carbocycles. The normalized spacial score (nSPS) is 11.7. The van der Waals surface area contributed by atoms with Crippen molar-refractivity contribution in [1.29, 1.82) is 0 Å². The molecule has 0 aliphatic carbocycles. The zero-order chi connectivity index (χ0) is 15.7. The van der Waals surface area contributed by atoms with Crippen molar-refractivity contribution in [3.63, 3.8) is 0 Å². The van der Waals surface area contributed by atoms with E-state index in [1.807, 2.05) is 0 Å². The highest BCUT2D eigenvalue weighted by Crippen LogP contribution is 2.21. The van der Waals surface area contributed by atoms with Crippen molar-refractivity contribution < 1.29 is 14.2 Å². The zero-order valence-corrected chi connectivity index (χ0v) is 13.4. The molecular weight excluding hydrogens is 269 g/mol. The van der Waals surface area contributed by atoms with E-state index in [-0.39, 0.29) is 18.0 Å². The third kappa shape index (κ3) is 8.02.